The average molecular weight is 243 g/mol. The van der Waals surface area contributed by atoms with Gasteiger partial charge in [-0.1, -0.05) is 0 Å². The van der Waals surface area contributed by atoms with Crippen LogP contribution in [0.1, 0.15) is 33.1 Å². The average Bonchev–Trinajstić information content (AvgIpc) is 2.93. The van der Waals surface area contributed by atoms with Gasteiger partial charge in [0.1, 0.15) is 0 Å². The fourth-order valence-corrected chi connectivity index (χ4v) is 1.36. The third-order valence-corrected chi connectivity index (χ3v) is 2.32. The summed E-state index contributed by atoms with van der Waals surface area (Å²) in [5.74, 6) is -0.611. The molecule has 0 atom stereocenters. The van der Waals surface area contributed by atoms with Crippen LogP contribution in [0.2, 0.25) is 0 Å². The summed E-state index contributed by atoms with van der Waals surface area (Å²) in [4.78, 5) is 33.1. The number of nitrogens with one attached hydrogen (secondary N) is 3. The standard InChI is InChI=1S/C10H17N3O4/c1-10(2,11-9(16)17)5-7(14)12-13-8(15)6-3-4-6/h6,11H,3-5H2,1-2H3,(H,12,14)(H,13,15)(H,16,17). The summed E-state index contributed by atoms with van der Waals surface area (Å²) in [7, 11) is 0. The third kappa shape index (κ3) is 5.19. The minimum Gasteiger partial charge on any atom is -0.465 e. The van der Waals surface area contributed by atoms with Crippen LogP contribution < -0.4 is 16.2 Å². The van der Waals surface area contributed by atoms with E-state index >= 15 is 0 Å². The number of amides is 3. The first-order chi connectivity index (χ1) is 7.80. The van der Waals surface area contributed by atoms with E-state index in [0.29, 0.717) is 0 Å². The lowest BCUT2D eigenvalue weighted by atomic mass is 10.0. The summed E-state index contributed by atoms with van der Waals surface area (Å²) in [6.07, 6.45) is 0.469. The Bertz CT molecular complexity index is 336. The van der Waals surface area contributed by atoms with E-state index in [-0.39, 0.29) is 18.2 Å². The van der Waals surface area contributed by atoms with E-state index in [9.17, 15) is 14.4 Å². The van der Waals surface area contributed by atoms with E-state index in [4.69, 9.17) is 5.11 Å². The highest BCUT2D eigenvalue weighted by molar-refractivity contribution is 5.85. The summed E-state index contributed by atoms with van der Waals surface area (Å²) in [5.41, 5.74) is 3.69. The predicted molar refractivity (Wildman–Crippen MR) is 58.9 cm³/mol. The number of hydrazine groups is 1. The number of carbonyl (C=O) groups is 3. The number of carbonyl (C=O) groups excluding carboxylic acids is 2. The maximum absolute atomic E-state index is 11.4. The quantitative estimate of drug-likeness (QED) is 0.520. The zero-order chi connectivity index (χ0) is 13.1. The largest absolute Gasteiger partial charge is 0.465 e. The molecule has 0 heterocycles. The maximum atomic E-state index is 11.4. The molecule has 0 unspecified atom stereocenters. The van der Waals surface area contributed by atoms with E-state index in [1.54, 1.807) is 13.8 Å². The lowest BCUT2D eigenvalue weighted by molar-refractivity contribution is -0.130. The molecule has 0 bridgehead atoms. The first kappa shape index (κ1) is 13.3. The Labute approximate surface area is 98.9 Å². The zero-order valence-electron chi connectivity index (χ0n) is 9.87. The molecule has 0 aromatic rings. The first-order valence-corrected chi connectivity index (χ1v) is 5.40. The molecule has 7 nitrogen and oxygen atoms in total. The summed E-state index contributed by atoms with van der Waals surface area (Å²) in [6, 6.07) is 0. The van der Waals surface area contributed by atoms with E-state index < -0.39 is 17.5 Å². The molecule has 0 radical (unpaired) electrons. The lowest BCUT2D eigenvalue weighted by Gasteiger charge is -2.23. The van der Waals surface area contributed by atoms with Crippen LogP contribution in [0.25, 0.3) is 0 Å². The van der Waals surface area contributed by atoms with Gasteiger partial charge in [-0.3, -0.25) is 20.4 Å². The van der Waals surface area contributed by atoms with Gasteiger partial charge in [0.25, 0.3) is 0 Å². The second-order valence-electron chi connectivity index (χ2n) is 4.80. The molecule has 4 N–H and O–H groups in total. The van der Waals surface area contributed by atoms with Crippen molar-refractivity contribution in [1.29, 1.82) is 0 Å². The summed E-state index contributed by atoms with van der Waals surface area (Å²) in [6.45, 7) is 3.17. The van der Waals surface area contributed by atoms with Crippen molar-refractivity contribution in [2.75, 3.05) is 0 Å². The van der Waals surface area contributed by atoms with Crippen molar-refractivity contribution in [2.24, 2.45) is 5.92 Å². The lowest BCUT2D eigenvalue weighted by Crippen LogP contribution is -2.49. The van der Waals surface area contributed by atoms with Gasteiger partial charge in [0.05, 0.1) is 6.42 Å². The molecule has 1 aliphatic carbocycles. The second kappa shape index (κ2) is 5.03. The predicted octanol–water partition coefficient (Wildman–Crippen LogP) is -0.0199. The Kier molecular flexibility index (Phi) is 3.93. The van der Waals surface area contributed by atoms with Crippen molar-refractivity contribution in [2.45, 2.75) is 38.6 Å². The summed E-state index contributed by atoms with van der Waals surface area (Å²) in [5, 5.41) is 10.8. The van der Waals surface area contributed by atoms with Crippen molar-refractivity contribution in [3.8, 4) is 0 Å². The molecule has 1 saturated carbocycles. The molecule has 1 rings (SSSR count). The molecule has 96 valence electrons. The van der Waals surface area contributed by atoms with E-state index in [0.717, 1.165) is 12.8 Å². The first-order valence-electron chi connectivity index (χ1n) is 5.40. The van der Waals surface area contributed by atoms with E-state index in [2.05, 4.69) is 16.2 Å². The molecule has 1 fully saturated rings. The van der Waals surface area contributed by atoms with Crippen LogP contribution in [0.15, 0.2) is 0 Å². The van der Waals surface area contributed by atoms with Crippen LogP contribution in [0.4, 0.5) is 4.79 Å². The Morgan fingerprint density at radius 3 is 2.29 bits per heavy atom. The monoisotopic (exact) mass is 243 g/mol. The highest BCUT2D eigenvalue weighted by Crippen LogP contribution is 2.28. The Hall–Kier alpha value is -1.79. The number of hydrogen-bond donors (Lipinski definition) is 4. The normalized spacial score (nSPS) is 14.9. The van der Waals surface area contributed by atoms with Gasteiger partial charge in [-0.05, 0) is 26.7 Å². The van der Waals surface area contributed by atoms with E-state index in [1.165, 1.54) is 0 Å². The molecule has 1 aliphatic rings. The molecule has 7 heteroatoms. The molecule has 0 spiro atoms. The molecule has 0 aromatic carbocycles. The van der Waals surface area contributed by atoms with Gasteiger partial charge in [0.15, 0.2) is 0 Å². The number of carboxylic acid groups (broad SMARTS) is 1. The number of rotatable bonds is 4. The number of hydrogen-bond acceptors (Lipinski definition) is 3. The van der Waals surface area contributed by atoms with Crippen LogP contribution in [0, 0.1) is 5.92 Å². The smallest absolute Gasteiger partial charge is 0.405 e. The van der Waals surface area contributed by atoms with Crippen LogP contribution in [0.5, 0.6) is 0 Å². The second-order valence-corrected chi connectivity index (χ2v) is 4.80. The van der Waals surface area contributed by atoms with Gasteiger partial charge in [-0.15, -0.1) is 0 Å². The van der Waals surface area contributed by atoms with Crippen LogP contribution in [-0.4, -0.2) is 28.6 Å². The van der Waals surface area contributed by atoms with Crippen molar-refractivity contribution >= 4 is 17.9 Å². The van der Waals surface area contributed by atoms with Gasteiger partial charge >= 0.3 is 6.09 Å². The minimum atomic E-state index is -1.19. The van der Waals surface area contributed by atoms with Gasteiger partial charge in [0.2, 0.25) is 11.8 Å². The van der Waals surface area contributed by atoms with Gasteiger partial charge < -0.3 is 10.4 Å². The van der Waals surface area contributed by atoms with Gasteiger partial charge in [0, 0.05) is 11.5 Å². The summed E-state index contributed by atoms with van der Waals surface area (Å²) < 4.78 is 0. The molecular formula is C10H17N3O4. The van der Waals surface area contributed by atoms with Crippen molar-refractivity contribution in [3.63, 3.8) is 0 Å². The van der Waals surface area contributed by atoms with Crippen LogP contribution in [0.3, 0.4) is 0 Å². The van der Waals surface area contributed by atoms with Crippen molar-refractivity contribution < 1.29 is 19.5 Å². The molecule has 0 aromatic heterocycles. The third-order valence-electron chi connectivity index (χ3n) is 2.32. The fourth-order valence-electron chi connectivity index (χ4n) is 1.36. The van der Waals surface area contributed by atoms with Crippen LogP contribution >= 0.6 is 0 Å². The minimum absolute atomic E-state index is 0.0143. The van der Waals surface area contributed by atoms with Gasteiger partial charge in [-0.2, -0.15) is 0 Å². The van der Waals surface area contributed by atoms with Crippen LogP contribution in [-0.2, 0) is 9.59 Å². The Morgan fingerprint density at radius 1 is 1.24 bits per heavy atom. The molecule has 0 aliphatic heterocycles. The molecule has 0 saturated heterocycles. The Balaban J connectivity index is 2.27. The van der Waals surface area contributed by atoms with E-state index in [1.807, 2.05) is 0 Å². The molecule has 3 amide bonds. The fraction of sp³-hybridized carbons (Fsp3) is 0.700. The van der Waals surface area contributed by atoms with Crippen molar-refractivity contribution in [3.05, 3.63) is 0 Å². The highest BCUT2D eigenvalue weighted by Gasteiger charge is 2.30. The zero-order valence-corrected chi connectivity index (χ0v) is 9.87. The van der Waals surface area contributed by atoms with Gasteiger partial charge in [-0.25, -0.2) is 4.79 Å². The maximum Gasteiger partial charge on any atom is 0.405 e. The summed E-state index contributed by atoms with van der Waals surface area (Å²) >= 11 is 0. The topological polar surface area (TPSA) is 108 Å². The highest BCUT2D eigenvalue weighted by atomic mass is 16.4. The SMILES string of the molecule is CC(C)(CC(=O)NNC(=O)C1CC1)NC(=O)O. The Morgan fingerprint density at radius 2 is 1.82 bits per heavy atom. The molecule has 17 heavy (non-hydrogen) atoms. The molecular weight excluding hydrogens is 226 g/mol. The van der Waals surface area contributed by atoms with Crippen molar-refractivity contribution in [1.82, 2.24) is 16.2 Å².